The van der Waals surface area contributed by atoms with Crippen LogP contribution in [0.4, 0.5) is 0 Å². The third-order valence-corrected chi connectivity index (χ3v) is 2.64. The molecule has 15 heavy (non-hydrogen) atoms. The van der Waals surface area contributed by atoms with Gasteiger partial charge in [0.1, 0.15) is 5.75 Å². The Kier molecular flexibility index (Phi) is 2.19. The highest BCUT2D eigenvalue weighted by atomic mass is 16.3. The number of Topliss-reactive ketones (excluding diaryl/α,β-unsaturated/α-hetero) is 1. The highest BCUT2D eigenvalue weighted by Crippen LogP contribution is 2.32. The first kappa shape index (κ1) is 9.71. The number of hydrogen-bond donors (Lipinski definition) is 1. The fourth-order valence-electron chi connectivity index (χ4n) is 1.78. The molecule has 2 rings (SSSR count). The Hall–Kier alpha value is -1.83. The first-order valence-corrected chi connectivity index (χ1v) is 4.87. The van der Waals surface area contributed by atoms with Crippen molar-refractivity contribution in [3.63, 3.8) is 0 Å². The number of ketones is 1. The predicted molar refractivity (Wildman–Crippen MR) is 60.0 cm³/mol. The van der Waals surface area contributed by atoms with Crippen LogP contribution >= 0.6 is 0 Å². The van der Waals surface area contributed by atoms with Crippen molar-refractivity contribution in [2.45, 2.75) is 13.8 Å². The van der Waals surface area contributed by atoms with E-state index >= 15 is 0 Å². The summed E-state index contributed by atoms with van der Waals surface area (Å²) in [7, 11) is 0. The highest BCUT2D eigenvalue weighted by Gasteiger charge is 2.22. The van der Waals surface area contributed by atoms with Gasteiger partial charge in [-0.2, -0.15) is 0 Å². The smallest absolute Gasteiger partial charge is 0.193 e. The average Bonchev–Trinajstić information content (AvgIpc) is 2.52. The zero-order chi connectivity index (χ0) is 11.0. The Morgan fingerprint density at radius 1 is 1.33 bits per heavy atom. The summed E-state index contributed by atoms with van der Waals surface area (Å²) in [6.45, 7) is 3.69. The quantitative estimate of drug-likeness (QED) is 0.756. The molecule has 0 aliphatic heterocycles. The van der Waals surface area contributed by atoms with Crippen LogP contribution in [0.1, 0.15) is 28.4 Å². The maximum absolute atomic E-state index is 11.8. The normalized spacial score (nSPS) is 14.5. The van der Waals surface area contributed by atoms with Gasteiger partial charge in [-0.05, 0) is 43.2 Å². The van der Waals surface area contributed by atoms with Crippen molar-refractivity contribution in [1.82, 2.24) is 0 Å². The molecule has 0 unspecified atom stereocenters. The zero-order valence-corrected chi connectivity index (χ0v) is 8.74. The molecule has 0 radical (unpaired) electrons. The van der Waals surface area contributed by atoms with Crippen molar-refractivity contribution < 1.29 is 9.90 Å². The van der Waals surface area contributed by atoms with Crippen molar-refractivity contribution in [2.75, 3.05) is 0 Å². The van der Waals surface area contributed by atoms with Crippen LogP contribution in [0.3, 0.4) is 0 Å². The molecular formula is C13H12O2. The van der Waals surface area contributed by atoms with E-state index in [0.717, 1.165) is 11.1 Å². The van der Waals surface area contributed by atoms with Crippen molar-refractivity contribution in [1.29, 1.82) is 0 Å². The maximum atomic E-state index is 11.8. The topological polar surface area (TPSA) is 37.3 Å². The minimum atomic E-state index is 0.0335. The molecule has 1 aliphatic carbocycles. The van der Waals surface area contributed by atoms with Gasteiger partial charge in [-0.25, -0.2) is 0 Å². The summed E-state index contributed by atoms with van der Waals surface area (Å²) in [5, 5.41) is 9.53. The number of fused-ring (bicyclic) bond motifs is 1. The molecule has 2 nitrogen and oxygen atoms in total. The van der Waals surface area contributed by atoms with Gasteiger partial charge in [-0.1, -0.05) is 12.2 Å². The van der Waals surface area contributed by atoms with Crippen LogP contribution in [0.2, 0.25) is 0 Å². The summed E-state index contributed by atoms with van der Waals surface area (Å²) in [6, 6.07) is 3.24. The molecule has 0 bridgehead atoms. The van der Waals surface area contributed by atoms with E-state index in [1.807, 2.05) is 26.0 Å². The number of carbonyl (C=O) groups excluding carboxylic acids is 1. The minimum absolute atomic E-state index is 0.0335. The van der Waals surface area contributed by atoms with Gasteiger partial charge in [0.25, 0.3) is 0 Å². The number of hydrogen-bond acceptors (Lipinski definition) is 2. The molecule has 0 saturated heterocycles. The molecule has 0 heterocycles. The van der Waals surface area contributed by atoms with E-state index in [9.17, 15) is 9.90 Å². The second-order valence-electron chi connectivity index (χ2n) is 3.60. The summed E-state index contributed by atoms with van der Waals surface area (Å²) >= 11 is 0. The molecule has 1 aromatic rings. The van der Waals surface area contributed by atoms with E-state index in [1.54, 1.807) is 18.2 Å². The second-order valence-corrected chi connectivity index (χ2v) is 3.60. The second kappa shape index (κ2) is 3.39. The summed E-state index contributed by atoms with van der Waals surface area (Å²) in [5.41, 5.74) is 2.97. The largest absolute Gasteiger partial charge is 0.508 e. The maximum Gasteiger partial charge on any atom is 0.193 e. The average molecular weight is 200 g/mol. The SMILES string of the molecule is CC=CC1=Cc2c(ccc(O)c2C)C1=O. The standard InChI is InChI=1S/C13H12O2/c1-3-4-9-7-11-8(2)12(14)6-5-10(11)13(9)15/h3-7,14H,1-2H3. The molecule has 0 fully saturated rings. The molecule has 1 aromatic carbocycles. The molecule has 0 spiro atoms. The third kappa shape index (κ3) is 1.38. The lowest BCUT2D eigenvalue weighted by atomic mass is 10.0. The number of benzene rings is 1. The lowest BCUT2D eigenvalue weighted by molar-refractivity contribution is 0.104. The molecule has 0 saturated carbocycles. The Bertz CT molecular complexity index is 494. The predicted octanol–water partition coefficient (Wildman–Crippen LogP) is 2.86. The highest BCUT2D eigenvalue weighted by molar-refractivity contribution is 6.20. The van der Waals surface area contributed by atoms with Crippen LogP contribution in [0, 0.1) is 6.92 Å². The molecule has 2 heteroatoms. The van der Waals surface area contributed by atoms with Gasteiger partial charge in [0.05, 0.1) is 0 Å². The number of phenolic OH excluding ortho intramolecular Hbond substituents is 1. The molecular weight excluding hydrogens is 188 g/mol. The summed E-state index contributed by atoms with van der Waals surface area (Å²) in [4.78, 5) is 11.8. The van der Waals surface area contributed by atoms with Gasteiger partial charge in [-0.15, -0.1) is 0 Å². The fraction of sp³-hybridized carbons (Fsp3) is 0.154. The van der Waals surface area contributed by atoms with Crippen LogP contribution in [0.15, 0.2) is 29.9 Å². The lowest BCUT2D eigenvalue weighted by Gasteiger charge is -2.03. The number of aromatic hydroxyl groups is 1. The number of allylic oxidation sites excluding steroid dienone is 3. The molecule has 0 aromatic heterocycles. The minimum Gasteiger partial charge on any atom is -0.508 e. The Balaban J connectivity index is 2.62. The number of rotatable bonds is 1. The van der Waals surface area contributed by atoms with E-state index in [1.165, 1.54) is 0 Å². The van der Waals surface area contributed by atoms with E-state index in [4.69, 9.17) is 0 Å². The van der Waals surface area contributed by atoms with Crippen molar-refractivity contribution >= 4 is 11.9 Å². The zero-order valence-electron chi connectivity index (χ0n) is 8.74. The fourth-order valence-corrected chi connectivity index (χ4v) is 1.78. The third-order valence-electron chi connectivity index (χ3n) is 2.64. The molecule has 76 valence electrons. The molecule has 1 aliphatic rings. The Labute approximate surface area is 88.6 Å². The van der Waals surface area contributed by atoms with E-state index in [2.05, 4.69) is 0 Å². The van der Waals surface area contributed by atoms with Gasteiger partial charge in [-0.3, -0.25) is 4.79 Å². The van der Waals surface area contributed by atoms with Gasteiger partial charge >= 0.3 is 0 Å². The van der Waals surface area contributed by atoms with Crippen LogP contribution in [-0.4, -0.2) is 10.9 Å². The molecule has 1 N–H and O–H groups in total. The molecule has 0 amide bonds. The Morgan fingerprint density at radius 3 is 2.73 bits per heavy atom. The monoisotopic (exact) mass is 200 g/mol. The van der Waals surface area contributed by atoms with Crippen molar-refractivity contribution in [3.8, 4) is 5.75 Å². The summed E-state index contributed by atoms with van der Waals surface area (Å²) < 4.78 is 0. The summed E-state index contributed by atoms with van der Waals surface area (Å²) in [5.74, 6) is 0.269. The van der Waals surface area contributed by atoms with Crippen molar-refractivity contribution in [3.05, 3.63) is 46.5 Å². The number of carbonyl (C=O) groups is 1. The van der Waals surface area contributed by atoms with E-state index in [0.29, 0.717) is 11.1 Å². The lowest BCUT2D eigenvalue weighted by Crippen LogP contribution is -1.97. The van der Waals surface area contributed by atoms with Gasteiger partial charge in [0.15, 0.2) is 5.78 Å². The molecule has 0 atom stereocenters. The van der Waals surface area contributed by atoms with Gasteiger partial charge in [0.2, 0.25) is 0 Å². The first-order chi connectivity index (χ1) is 7.15. The van der Waals surface area contributed by atoms with E-state index < -0.39 is 0 Å². The van der Waals surface area contributed by atoms with E-state index in [-0.39, 0.29) is 11.5 Å². The van der Waals surface area contributed by atoms with Gasteiger partial charge in [0, 0.05) is 11.1 Å². The van der Waals surface area contributed by atoms with Crippen LogP contribution < -0.4 is 0 Å². The van der Waals surface area contributed by atoms with Crippen LogP contribution in [0.25, 0.3) is 6.08 Å². The first-order valence-electron chi connectivity index (χ1n) is 4.87. The summed E-state index contributed by atoms with van der Waals surface area (Å²) in [6.07, 6.45) is 5.45. The van der Waals surface area contributed by atoms with Crippen molar-refractivity contribution in [2.24, 2.45) is 0 Å². The Morgan fingerprint density at radius 2 is 2.07 bits per heavy atom. The number of phenols is 1. The van der Waals surface area contributed by atoms with Gasteiger partial charge < -0.3 is 5.11 Å². The van der Waals surface area contributed by atoms with Crippen LogP contribution in [0.5, 0.6) is 5.75 Å². The van der Waals surface area contributed by atoms with Crippen LogP contribution in [-0.2, 0) is 0 Å².